The van der Waals surface area contributed by atoms with Crippen molar-refractivity contribution in [2.75, 3.05) is 0 Å². The summed E-state index contributed by atoms with van der Waals surface area (Å²) in [5.74, 6) is 0.105. The van der Waals surface area contributed by atoms with Crippen LogP contribution < -0.4 is 0 Å². The van der Waals surface area contributed by atoms with Gasteiger partial charge in [-0.05, 0) is 42.9 Å². The second kappa shape index (κ2) is 3.34. The lowest BCUT2D eigenvalue weighted by atomic mass is 10.1. The molecule has 3 nitrogen and oxygen atoms in total. The predicted octanol–water partition coefficient (Wildman–Crippen LogP) is 2.85. The lowest BCUT2D eigenvalue weighted by molar-refractivity contribution is 0.551. The Kier molecular flexibility index (Phi) is 2.17. The largest absolute Gasteiger partial charge is 0.409 e. The molecular formula is C9H7FN2OS. The van der Waals surface area contributed by atoms with Gasteiger partial charge in [0, 0.05) is 5.56 Å². The molecule has 0 aliphatic carbocycles. The molecule has 2 rings (SSSR count). The van der Waals surface area contributed by atoms with E-state index in [0.717, 1.165) is 11.1 Å². The number of nitrogens with one attached hydrogen (secondary N) is 1. The Bertz CT molecular complexity index is 518. The number of H-pyrrole nitrogens is 1. The third-order valence-corrected chi connectivity index (χ3v) is 2.03. The maximum atomic E-state index is 12.8. The van der Waals surface area contributed by atoms with Crippen molar-refractivity contribution in [2.24, 2.45) is 0 Å². The highest BCUT2D eigenvalue weighted by Crippen LogP contribution is 2.21. The second-order valence-electron chi connectivity index (χ2n) is 2.88. The average molecular weight is 210 g/mol. The molecule has 0 aliphatic rings. The smallest absolute Gasteiger partial charge is 0.284 e. The average Bonchev–Trinajstić information content (AvgIpc) is 2.51. The Hall–Kier alpha value is -1.49. The molecule has 0 amide bonds. The summed E-state index contributed by atoms with van der Waals surface area (Å²) in [6, 6.07) is 4.39. The van der Waals surface area contributed by atoms with Crippen LogP contribution in [0.25, 0.3) is 11.5 Å². The first-order chi connectivity index (χ1) is 6.66. The van der Waals surface area contributed by atoms with Gasteiger partial charge in [-0.2, -0.15) is 0 Å². The van der Waals surface area contributed by atoms with E-state index in [0.29, 0.717) is 5.89 Å². The van der Waals surface area contributed by atoms with Crippen LogP contribution in [0.5, 0.6) is 0 Å². The minimum absolute atomic E-state index is 0.212. The standard InChI is InChI=1S/C9H7FN2OS/c1-5-4-6(10)2-3-7(5)8-11-12-9(14)13-8/h2-4H,1H3,(H,12,14). The van der Waals surface area contributed by atoms with Gasteiger partial charge in [0.2, 0.25) is 5.89 Å². The first-order valence-corrected chi connectivity index (χ1v) is 4.39. The van der Waals surface area contributed by atoms with E-state index >= 15 is 0 Å². The molecule has 5 heteroatoms. The molecule has 0 saturated carbocycles. The Morgan fingerprint density at radius 3 is 2.86 bits per heavy atom. The number of nitrogens with zero attached hydrogens (tertiary/aromatic N) is 1. The number of hydrogen-bond acceptors (Lipinski definition) is 3. The van der Waals surface area contributed by atoms with E-state index in [9.17, 15) is 4.39 Å². The van der Waals surface area contributed by atoms with E-state index in [4.69, 9.17) is 16.6 Å². The quantitative estimate of drug-likeness (QED) is 0.736. The zero-order valence-electron chi connectivity index (χ0n) is 7.37. The summed E-state index contributed by atoms with van der Waals surface area (Å²) in [6.45, 7) is 1.78. The van der Waals surface area contributed by atoms with Crippen LogP contribution in [-0.4, -0.2) is 10.2 Å². The number of hydrogen-bond donors (Lipinski definition) is 1. The Balaban J connectivity index is 2.57. The summed E-state index contributed by atoms with van der Waals surface area (Å²) in [5, 5.41) is 6.37. The van der Waals surface area contributed by atoms with Crippen molar-refractivity contribution in [1.29, 1.82) is 0 Å². The first kappa shape index (κ1) is 9.08. The van der Waals surface area contributed by atoms with Crippen molar-refractivity contribution >= 4 is 12.2 Å². The minimum atomic E-state index is -0.277. The van der Waals surface area contributed by atoms with Crippen molar-refractivity contribution in [1.82, 2.24) is 10.2 Å². The predicted molar refractivity (Wildman–Crippen MR) is 51.8 cm³/mol. The van der Waals surface area contributed by atoms with E-state index in [2.05, 4.69) is 10.2 Å². The van der Waals surface area contributed by atoms with E-state index < -0.39 is 0 Å². The van der Waals surface area contributed by atoms with E-state index in [1.807, 2.05) is 0 Å². The fourth-order valence-corrected chi connectivity index (χ4v) is 1.34. The van der Waals surface area contributed by atoms with Crippen LogP contribution >= 0.6 is 12.2 Å². The molecule has 0 atom stereocenters. The molecule has 2 aromatic rings. The summed E-state index contributed by atoms with van der Waals surface area (Å²) in [6.07, 6.45) is 0. The highest BCUT2D eigenvalue weighted by molar-refractivity contribution is 7.71. The maximum Gasteiger partial charge on any atom is 0.284 e. The van der Waals surface area contributed by atoms with Gasteiger partial charge in [0.15, 0.2) is 0 Å². The zero-order valence-corrected chi connectivity index (χ0v) is 8.19. The highest BCUT2D eigenvalue weighted by atomic mass is 32.1. The monoisotopic (exact) mass is 210 g/mol. The molecule has 72 valence electrons. The first-order valence-electron chi connectivity index (χ1n) is 3.99. The summed E-state index contributed by atoms with van der Waals surface area (Å²) < 4.78 is 17.9. The molecule has 0 saturated heterocycles. The molecule has 1 aromatic carbocycles. The topological polar surface area (TPSA) is 41.8 Å². The fraction of sp³-hybridized carbons (Fsp3) is 0.111. The van der Waals surface area contributed by atoms with Crippen molar-refractivity contribution in [2.45, 2.75) is 6.92 Å². The number of rotatable bonds is 1. The Labute approximate surface area is 84.6 Å². The van der Waals surface area contributed by atoms with Gasteiger partial charge in [0.25, 0.3) is 4.84 Å². The van der Waals surface area contributed by atoms with E-state index in [1.165, 1.54) is 12.1 Å². The highest BCUT2D eigenvalue weighted by Gasteiger charge is 2.07. The van der Waals surface area contributed by atoms with Gasteiger partial charge >= 0.3 is 0 Å². The van der Waals surface area contributed by atoms with E-state index in [1.54, 1.807) is 13.0 Å². The summed E-state index contributed by atoms with van der Waals surface area (Å²) in [5.41, 5.74) is 1.49. The van der Waals surface area contributed by atoms with Gasteiger partial charge in [0.05, 0.1) is 0 Å². The molecule has 14 heavy (non-hydrogen) atoms. The van der Waals surface area contributed by atoms with Crippen molar-refractivity contribution in [3.8, 4) is 11.5 Å². The second-order valence-corrected chi connectivity index (χ2v) is 3.25. The molecule has 1 N–H and O–H groups in total. The number of aryl methyl sites for hydroxylation is 1. The van der Waals surface area contributed by atoms with Crippen molar-refractivity contribution in [3.63, 3.8) is 0 Å². The van der Waals surface area contributed by atoms with Gasteiger partial charge in [-0.3, -0.25) is 0 Å². The van der Waals surface area contributed by atoms with Crippen molar-refractivity contribution in [3.05, 3.63) is 34.4 Å². The van der Waals surface area contributed by atoms with Gasteiger partial charge in [-0.15, -0.1) is 5.10 Å². The molecule has 0 bridgehead atoms. The van der Waals surface area contributed by atoms with Crippen LogP contribution in [0, 0.1) is 17.6 Å². The summed E-state index contributed by atoms with van der Waals surface area (Å²) in [4.78, 5) is 0.212. The normalized spacial score (nSPS) is 10.4. The van der Waals surface area contributed by atoms with E-state index in [-0.39, 0.29) is 10.7 Å². The SMILES string of the molecule is Cc1cc(F)ccc1-c1n[nH]c(=S)o1. The van der Waals surface area contributed by atoms with Crippen molar-refractivity contribution < 1.29 is 8.81 Å². The molecule has 0 fully saturated rings. The van der Waals surface area contributed by atoms with Gasteiger partial charge in [0.1, 0.15) is 5.82 Å². The van der Waals surface area contributed by atoms with Gasteiger partial charge in [-0.25, -0.2) is 9.49 Å². The Morgan fingerprint density at radius 2 is 2.29 bits per heavy atom. The molecule has 1 heterocycles. The Morgan fingerprint density at radius 1 is 1.50 bits per heavy atom. The van der Waals surface area contributed by atoms with Gasteiger partial charge in [-0.1, -0.05) is 0 Å². The third-order valence-electron chi connectivity index (χ3n) is 1.86. The van der Waals surface area contributed by atoms with Crippen LogP contribution in [0.3, 0.4) is 0 Å². The molecular weight excluding hydrogens is 203 g/mol. The third kappa shape index (κ3) is 1.58. The van der Waals surface area contributed by atoms with Crippen LogP contribution in [0.2, 0.25) is 0 Å². The number of halogens is 1. The maximum absolute atomic E-state index is 12.8. The molecule has 1 aromatic heterocycles. The van der Waals surface area contributed by atoms with Crippen LogP contribution in [0.4, 0.5) is 4.39 Å². The van der Waals surface area contributed by atoms with Crippen LogP contribution in [0.15, 0.2) is 22.6 Å². The number of aromatic nitrogens is 2. The molecule has 0 unspecified atom stereocenters. The lowest BCUT2D eigenvalue weighted by Gasteiger charge is -1.99. The van der Waals surface area contributed by atoms with Gasteiger partial charge < -0.3 is 4.42 Å². The van der Waals surface area contributed by atoms with Crippen LogP contribution in [-0.2, 0) is 0 Å². The minimum Gasteiger partial charge on any atom is -0.409 e. The molecule has 0 aliphatic heterocycles. The van der Waals surface area contributed by atoms with Crippen LogP contribution in [0.1, 0.15) is 5.56 Å². The number of benzene rings is 1. The summed E-state index contributed by atoms with van der Waals surface area (Å²) in [7, 11) is 0. The molecule has 0 spiro atoms. The summed E-state index contributed by atoms with van der Waals surface area (Å²) >= 11 is 4.74. The fourth-order valence-electron chi connectivity index (χ4n) is 1.21. The number of aromatic amines is 1. The zero-order chi connectivity index (χ0) is 10.1. The lowest BCUT2D eigenvalue weighted by Crippen LogP contribution is -1.85. The molecule has 0 radical (unpaired) electrons.